The number of likely N-dealkylation sites (tertiary alicyclic amines) is 2. The third-order valence-electron chi connectivity index (χ3n) is 4.14. The van der Waals surface area contributed by atoms with Gasteiger partial charge < -0.3 is 9.64 Å². The lowest BCUT2D eigenvalue weighted by Crippen LogP contribution is -2.72. The molecular weight excluding hydrogens is 344 g/mol. The number of carbonyl (C=O) groups is 1. The Balaban J connectivity index is 1.43. The monoisotopic (exact) mass is 366 g/mol. The van der Waals surface area contributed by atoms with Gasteiger partial charge in [0, 0.05) is 42.6 Å². The van der Waals surface area contributed by atoms with E-state index < -0.39 is 5.60 Å². The molecule has 0 bridgehead atoms. The Morgan fingerprint density at radius 3 is 2.32 bits per heavy atom. The maximum atomic E-state index is 12.0. The SMILES string of the molecule is CC(C)(C)OC(=O)N1CC2(CN(Cc3ccc(Br)cc3)C2)C1. The highest BCUT2D eigenvalue weighted by molar-refractivity contribution is 9.10. The first-order chi connectivity index (χ1) is 10.2. The van der Waals surface area contributed by atoms with E-state index in [4.69, 9.17) is 4.74 Å². The topological polar surface area (TPSA) is 32.8 Å². The van der Waals surface area contributed by atoms with Gasteiger partial charge in [-0.1, -0.05) is 28.1 Å². The van der Waals surface area contributed by atoms with Gasteiger partial charge in [0.05, 0.1) is 0 Å². The van der Waals surface area contributed by atoms with E-state index in [-0.39, 0.29) is 6.09 Å². The maximum absolute atomic E-state index is 12.0. The average Bonchev–Trinajstić information content (AvgIpc) is 2.30. The summed E-state index contributed by atoms with van der Waals surface area (Å²) in [6, 6.07) is 8.47. The summed E-state index contributed by atoms with van der Waals surface area (Å²) in [7, 11) is 0. The highest BCUT2D eigenvalue weighted by Gasteiger charge is 2.53. The standard InChI is InChI=1S/C17H23BrN2O2/c1-16(2,3)22-15(21)20-11-17(12-20)9-19(10-17)8-13-4-6-14(18)7-5-13/h4-7H,8-12H2,1-3H3. The summed E-state index contributed by atoms with van der Waals surface area (Å²) in [6.45, 7) is 10.5. The first kappa shape index (κ1) is 15.8. The van der Waals surface area contributed by atoms with Crippen molar-refractivity contribution in [2.45, 2.75) is 32.9 Å². The van der Waals surface area contributed by atoms with Gasteiger partial charge in [0.1, 0.15) is 5.60 Å². The molecule has 120 valence electrons. The summed E-state index contributed by atoms with van der Waals surface area (Å²) in [5.74, 6) is 0. The van der Waals surface area contributed by atoms with E-state index in [1.165, 1.54) is 5.56 Å². The third kappa shape index (κ3) is 3.46. The van der Waals surface area contributed by atoms with E-state index in [0.717, 1.165) is 37.2 Å². The van der Waals surface area contributed by atoms with Gasteiger partial charge in [-0.25, -0.2) is 4.79 Å². The summed E-state index contributed by atoms with van der Waals surface area (Å²) in [5, 5.41) is 0. The summed E-state index contributed by atoms with van der Waals surface area (Å²) < 4.78 is 6.52. The molecule has 22 heavy (non-hydrogen) atoms. The molecule has 0 N–H and O–H groups in total. The molecule has 2 fully saturated rings. The van der Waals surface area contributed by atoms with Crippen LogP contribution in [0.1, 0.15) is 26.3 Å². The van der Waals surface area contributed by atoms with E-state index >= 15 is 0 Å². The number of hydrogen-bond donors (Lipinski definition) is 0. The molecule has 0 radical (unpaired) electrons. The number of benzene rings is 1. The summed E-state index contributed by atoms with van der Waals surface area (Å²) in [6.07, 6.45) is -0.176. The predicted molar refractivity (Wildman–Crippen MR) is 89.7 cm³/mol. The maximum Gasteiger partial charge on any atom is 0.410 e. The zero-order valence-electron chi connectivity index (χ0n) is 13.4. The molecule has 0 saturated carbocycles. The molecule has 5 heteroatoms. The normalized spacial score (nSPS) is 20.5. The number of rotatable bonds is 2. The summed E-state index contributed by atoms with van der Waals surface area (Å²) >= 11 is 3.46. The van der Waals surface area contributed by atoms with Crippen LogP contribution in [0.5, 0.6) is 0 Å². The Bertz CT molecular complexity index is 551. The number of nitrogens with zero attached hydrogens (tertiary/aromatic N) is 2. The minimum atomic E-state index is -0.410. The molecule has 2 aliphatic rings. The van der Waals surface area contributed by atoms with Gasteiger partial charge >= 0.3 is 6.09 Å². The first-order valence-electron chi connectivity index (χ1n) is 7.70. The van der Waals surface area contributed by atoms with Crippen LogP contribution >= 0.6 is 15.9 Å². The van der Waals surface area contributed by atoms with Gasteiger partial charge in [-0.15, -0.1) is 0 Å². The van der Waals surface area contributed by atoms with E-state index in [2.05, 4.69) is 45.1 Å². The molecule has 1 aromatic rings. The third-order valence-corrected chi connectivity index (χ3v) is 4.67. The fourth-order valence-electron chi connectivity index (χ4n) is 3.28. The molecular formula is C17H23BrN2O2. The molecule has 4 nitrogen and oxygen atoms in total. The van der Waals surface area contributed by atoms with Crippen molar-refractivity contribution in [3.05, 3.63) is 34.3 Å². The fourth-order valence-corrected chi connectivity index (χ4v) is 3.55. The molecule has 2 heterocycles. The van der Waals surface area contributed by atoms with Gasteiger partial charge in [-0.2, -0.15) is 0 Å². The molecule has 1 amide bonds. The smallest absolute Gasteiger partial charge is 0.410 e. The van der Waals surface area contributed by atoms with Gasteiger partial charge in [-0.3, -0.25) is 4.90 Å². The highest BCUT2D eigenvalue weighted by Crippen LogP contribution is 2.40. The number of hydrogen-bond acceptors (Lipinski definition) is 3. The van der Waals surface area contributed by atoms with Crippen molar-refractivity contribution in [1.29, 1.82) is 0 Å². The lowest BCUT2D eigenvalue weighted by molar-refractivity contribution is -0.115. The van der Waals surface area contributed by atoms with E-state index in [0.29, 0.717) is 5.41 Å². The van der Waals surface area contributed by atoms with Crippen LogP contribution < -0.4 is 0 Å². The quantitative estimate of drug-likeness (QED) is 0.802. The second-order valence-electron chi connectivity index (χ2n) is 7.61. The van der Waals surface area contributed by atoms with Crippen molar-refractivity contribution in [3.63, 3.8) is 0 Å². The summed E-state index contributed by atoms with van der Waals surface area (Å²) in [4.78, 5) is 16.2. The van der Waals surface area contributed by atoms with Crippen molar-refractivity contribution in [1.82, 2.24) is 9.80 Å². The molecule has 0 unspecified atom stereocenters. The number of halogens is 1. The molecule has 0 atom stereocenters. The van der Waals surface area contributed by atoms with Crippen LogP contribution in [0.15, 0.2) is 28.7 Å². The molecule has 1 spiro atoms. The fraction of sp³-hybridized carbons (Fsp3) is 0.588. The van der Waals surface area contributed by atoms with Crippen molar-refractivity contribution in [3.8, 4) is 0 Å². The lowest BCUT2D eigenvalue weighted by atomic mass is 9.73. The largest absolute Gasteiger partial charge is 0.444 e. The number of ether oxygens (including phenoxy) is 1. The van der Waals surface area contributed by atoms with Crippen molar-refractivity contribution < 1.29 is 9.53 Å². The van der Waals surface area contributed by atoms with Crippen molar-refractivity contribution in [2.24, 2.45) is 5.41 Å². The molecule has 3 rings (SSSR count). The predicted octanol–water partition coefficient (Wildman–Crippen LogP) is 3.50. The zero-order valence-corrected chi connectivity index (χ0v) is 15.0. The summed E-state index contributed by atoms with van der Waals surface area (Å²) in [5.41, 5.74) is 1.24. The first-order valence-corrected chi connectivity index (χ1v) is 8.49. The van der Waals surface area contributed by atoms with E-state index in [1.54, 1.807) is 0 Å². The Morgan fingerprint density at radius 2 is 1.77 bits per heavy atom. The molecule has 1 aromatic carbocycles. The Morgan fingerprint density at radius 1 is 1.18 bits per heavy atom. The van der Waals surface area contributed by atoms with Gasteiger partial charge in [0.15, 0.2) is 0 Å². The van der Waals surface area contributed by atoms with Crippen LogP contribution in [0.3, 0.4) is 0 Å². The molecule has 0 aliphatic carbocycles. The average molecular weight is 367 g/mol. The Kier molecular flexibility index (Phi) is 3.98. The van der Waals surface area contributed by atoms with Crippen LogP contribution in [0.4, 0.5) is 4.79 Å². The molecule has 2 saturated heterocycles. The van der Waals surface area contributed by atoms with Crippen LogP contribution in [0, 0.1) is 5.41 Å². The minimum absolute atomic E-state index is 0.176. The van der Waals surface area contributed by atoms with E-state index in [1.807, 2.05) is 25.7 Å². The van der Waals surface area contributed by atoms with Crippen LogP contribution in [0.2, 0.25) is 0 Å². The second-order valence-corrected chi connectivity index (χ2v) is 8.52. The number of carbonyl (C=O) groups excluding carboxylic acids is 1. The van der Waals surface area contributed by atoms with Gasteiger partial charge in [-0.05, 0) is 38.5 Å². The Labute approximate surface area is 140 Å². The molecule has 2 aliphatic heterocycles. The van der Waals surface area contributed by atoms with Crippen LogP contribution in [-0.4, -0.2) is 47.7 Å². The highest BCUT2D eigenvalue weighted by atomic mass is 79.9. The lowest BCUT2D eigenvalue weighted by Gasteiger charge is -2.60. The Hall–Kier alpha value is -1.07. The van der Waals surface area contributed by atoms with Crippen LogP contribution in [0.25, 0.3) is 0 Å². The van der Waals surface area contributed by atoms with Gasteiger partial charge in [0.2, 0.25) is 0 Å². The van der Waals surface area contributed by atoms with Crippen LogP contribution in [-0.2, 0) is 11.3 Å². The van der Waals surface area contributed by atoms with Crippen molar-refractivity contribution >= 4 is 22.0 Å². The zero-order chi connectivity index (χ0) is 16.0. The van der Waals surface area contributed by atoms with E-state index in [9.17, 15) is 4.79 Å². The van der Waals surface area contributed by atoms with Crippen molar-refractivity contribution in [2.75, 3.05) is 26.2 Å². The minimum Gasteiger partial charge on any atom is -0.444 e. The molecule has 0 aromatic heterocycles. The van der Waals surface area contributed by atoms with Gasteiger partial charge in [0.25, 0.3) is 0 Å². The second kappa shape index (κ2) is 5.53. The number of amides is 1.